The maximum atomic E-state index is 12.7. The molecule has 0 aliphatic heterocycles. The number of rotatable bonds is 4. The molecule has 0 N–H and O–H groups in total. The summed E-state index contributed by atoms with van der Waals surface area (Å²) in [5, 5.41) is 8.37. The van der Waals surface area contributed by atoms with E-state index < -0.39 is 0 Å². The average molecular weight is 345 g/mol. The Kier molecular flexibility index (Phi) is 4.65. The lowest BCUT2D eigenvalue weighted by molar-refractivity contribution is 0.103. The number of hydrogen-bond donors (Lipinski definition) is 0. The summed E-state index contributed by atoms with van der Waals surface area (Å²) in [5.41, 5.74) is 3.32. The van der Waals surface area contributed by atoms with Crippen molar-refractivity contribution in [2.45, 2.75) is 38.6 Å². The molecule has 4 heteroatoms. The number of carbonyl (C=O) groups is 1. The van der Waals surface area contributed by atoms with Crippen molar-refractivity contribution in [1.29, 1.82) is 0 Å². The first-order valence-corrected chi connectivity index (χ1v) is 9.33. The van der Waals surface area contributed by atoms with Crippen LogP contribution in [0.15, 0.2) is 60.8 Å². The Labute approximate surface area is 153 Å². The molecule has 0 radical (unpaired) electrons. The van der Waals surface area contributed by atoms with Crippen LogP contribution >= 0.6 is 0 Å². The predicted octanol–water partition coefficient (Wildman–Crippen LogP) is 4.93. The molecule has 26 heavy (non-hydrogen) atoms. The first-order chi connectivity index (χ1) is 12.7. The number of carbonyl (C=O) groups excluding carboxylic acids is 1. The van der Waals surface area contributed by atoms with Crippen LogP contribution in [0, 0.1) is 5.92 Å². The van der Waals surface area contributed by atoms with E-state index >= 15 is 0 Å². The summed E-state index contributed by atoms with van der Waals surface area (Å²) >= 11 is 0. The molecule has 0 spiro atoms. The third kappa shape index (κ3) is 3.45. The Morgan fingerprint density at radius 2 is 1.73 bits per heavy atom. The van der Waals surface area contributed by atoms with Crippen molar-refractivity contribution in [1.82, 2.24) is 15.0 Å². The highest BCUT2D eigenvalue weighted by atomic mass is 16.1. The van der Waals surface area contributed by atoms with Crippen molar-refractivity contribution in [3.8, 4) is 11.1 Å². The first kappa shape index (κ1) is 16.7. The maximum Gasteiger partial charge on any atom is 0.214 e. The van der Waals surface area contributed by atoms with E-state index in [1.54, 1.807) is 0 Å². The number of ketones is 1. The van der Waals surface area contributed by atoms with Gasteiger partial charge in [-0.1, -0.05) is 79.6 Å². The second kappa shape index (κ2) is 7.24. The highest BCUT2D eigenvalue weighted by Crippen LogP contribution is 2.31. The highest BCUT2D eigenvalue weighted by Gasteiger charge is 2.23. The second-order valence-electron chi connectivity index (χ2n) is 7.28. The fourth-order valence-electron chi connectivity index (χ4n) is 3.79. The quantitative estimate of drug-likeness (QED) is 0.630. The van der Waals surface area contributed by atoms with Gasteiger partial charge in [0.1, 0.15) is 0 Å². The summed E-state index contributed by atoms with van der Waals surface area (Å²) in [5.74, 6) is 0.641. The van der Waals surface area contributed by atoms with E-state index in [-0.39, 0.29) is 5.78 Å². The summed E-state index contributed by atoms with van der Waals surface area (Å²) in [4.78, 5) is 12.7. The van der Waals surface area contributed by atoms with Crippen LogP contribution in [0.25, 0.3) is 11.1 Å². The molecule has 2 aromatic carbocycles. The molecule has 3 aromatic rings. The van der Waals surface area contributed by atoms with Crippen LogP contribution in [0.1, 0.15) is 54.7 Å². The fourth-order valence-corrected chi connectivity index (χ4v) is 3.79. The standard InChI is InChI=1S/C22H23N3O/c1-16-6-5-9-20(14-16)25-15-21(23-24-25)22(26)19-12-10-18(11-13-19)17-7-3-2-4-8-17/h2-4,7-8,10-13,15-16,20H,5-6,9,14H2,1H3. The summed E-state index contributed by atoms with van der Waals surface area (Å²) in [6, 6.07) is 18.2. The van der Waals surface area contributed by atoms with Gasteiger partial charge in [0.25, 0.3) is 0 Å². The minimum atomic E-state index is -0.0697. The van der Waals surface area contributed by atoms with Crippen molar-refractivity contribution < 1.29 is 4.79 Å². The van der Waals surface area contributed by atoms with Crippen molar-refractivity contribution in [2.75, 3.05) is 0 Å². The third-order valence-corrected chi connectivity index (χ3v) is 5.28. The van der Waals surface area contributed by atoms with Crippen LogP contribution in [0.4, 0.5) is 0 Å². The van der Waals surface area contributed by atoms with Crippen molar-refractivity contribution in [3.63, 3.8) is 0 Å². The van der Waals surface area contributed by atoms with Gasteiger partial charge in [-0.25, -0.2) is 4.68 Å². The normalized spacial score (nSPS) is 20.0. The van der Waals surface area contributed by atoms with Crippen LogP contribution in [-0.2, 0) is 0 Å². The lowest BCUT2D eigenvalue weighted by Crippen LogP contribution is -2.18. The van der Waals surface area contributed by atoms with E-state index in [0.717, 1.165) is 24.0 Å². The average Bonchev–Trinajstić information content (AvgIpc) is 3.18. The molecule has 4 rings (SSSR count). The SMILES string of the molecule is CC1CCCC(n2cc(C(=O)c3ccc(-c4ccccc4)cc3)nn2)C1. The molecular weight excluding hydrogens is 322 g/mol. The van der Waals surface area contributed by atoms with Crippen molar-refractivity contribution in [3.05, 3.63) is 72.1 Å². The zero-order chi connectivity index (χ0) is 17.9. The van der Waals surface area contributed by atoms with Crippen molar-refractivity contribution >= 4 is 5.78 Å². The van der Waals surface area contributed by atoms with Crippen LogP contribution < -0.4 is 0 Å². The van der Waals surface area contributed by atoms with Gasteiger partial charge in [0, 0.05) is 5.56 Å². The van der Waals surface area contributed by atoms with Gasteiger partial charge in [-0.2, -0.15) is 0 Å². The first-order valence-electron chi connectivity index (χ1n) is 9.33. The van der Waals surface area contributed by atoms with Gasteiger partial charge in [-0.3, -0.25) is 4.79 Å². The Morgan fingerprint density at radius 3 is 2.46 bits per heavy atom. The smallest absolute Gasteiger partial charge is 0.214 e. The molecule has 1 aliphatic rings. The summed E-state index contributed by atoms with van der Waals surface area (Å²) < 4.78 is 1.89. The molecule has 1 aliphatic carbocycles. The Hall–Kier alpha value is -2.75. The van der Waals surface area contributed by atoms with Gasteiger partial charge in [0.2, 0.25) is 5.78 Å². The molecule has 1 heterocycles. The molecule has 1 fully saturated rings. The van der Waals surface area contributed by atoms with E-state index in [0.29, 0.717) is 23.2 Å². The van der Waals surface area contributed by atoms with Crippen LogP contribution in [0.5, 0.6) is 0 Å². The molecule has 0 bridgehead atoms. The number of nitrogens with zero attached hydrogens (tertiary/aromatic N) is 3. The molecule has 1 aromatic heterocycles. The van der Waals surface area contributed by atoms with Crippen LogP contribution in [0.3, 0.4) is 0 Å². The molecule has 4 nitrogen and oxygen atoms in total. The van der Waals surface area contributed by atoms with Gasteiger partial charge in [-0.15, -0.1) is 5.10 Å². The van der Waals surface area contributed by atoms with Gasteiger partial charge in [0.05, 0.1) is 12.2 Å². The molecule has 2 atom stereocenters. The van der Waals surface area contributed by atoms with Gasteiger partial charge in [0.15, 0.2) is 5.69 Å². The minimum absolute atomic E-state index is 0.0697. The summed E-state index contributed by atoms with van der Waals surface area (Å²) in [7, 11) is 0. The van der Waals surface area contributed by atoms with Crippen molar-refractivity contribution in [2.24, 2.45) is 5.92 Å². The predicted molar refractivity (Wildman–Crippen MR) is 102 cm³/mol. The molecule has 2 unspecified atom stereocenters. The lowest BCUT2D eigenvalue weighted by Gasteiger charge is -2.26. The van der Waals surface area contributed by atoms with Gasteiger partial charge < -0.3 is 0 Å². The Morgan fingerprint density at radius 1 is 1.00 bits per heavy atom. The van der Waals surface area contributed by atoms with Crippen LogP contribution in [0.2, 0.25) is 0 Å². The Bertz CT molecular complexity index is 883. The second-order valence-corrected chi connectivity index (χ2v) is 7.28. The topological polar surface area (TPSA) is 47.8 Å². The largest absolute Gasteiger partial charge is 0.287 e. The molecule has 1 saturated carbocycles. The van der Waals surface area contributed by atoms with Gasteiger partial charge >= 0.3 is 0 Å². The zero-order valence-electron chi connectivity index (χ0n) is 15.0. The number of aromatic nitrogens is 3. The van der Waals surface area contributed by atoms with Crippen LogP contribution in [-0.4, -0.2) is 20.8 Å². The zero-order valence-corrected chi connectivity index (χ0v) is 15.0. The Balaban J connectivity index is 1.51. The van der Waals surface area contributed by atoms with E-state index in [1.807, 2.05) is 53.3 Å². The molecule has 0 saturated heterocycles. The maximum absolute atomic E-state index is 12.7. The molecular formula is C22H23N3O. The summed E-state index contributed by atoms with van der Waals surface area (Å²) in [6.45, 7) is 2.28. The fraction of sp³-hybridized carbons (Fsp3) is 0.318. The number of benzene rings is 2. The molecule has 132 valence electrons. The summed E-state index contributed by atoms with van der Waals surface area (Å²) in [6.07, 6.45) is 6.55. The van der Waals surface area contributed by atoms with E-state index in [2.05, 4.69) is 29.4 Å². The molecule has 0 amide bonds. The van der Waals surface area contributed by atoms with Gasteiger partial charge in [-0.05, 0) is 29.9 Å². The van der Waals surface area contributed by atoms with E-state index in [9.17, 15) is 4.79 Å². The monoisotopic (exact) mass is 345 g/mol. The van der Waals surface area contributed by atoms with E-state index in [1.165, 1.54) is 12.8 Å². The number of hydrogen-bond acceptors (Lipinski definition) is 3. The minimum Gasteiger partial charge on any atom is -0.287 e. The highest BCUT2D eigenvalue weighted by molar-refractivity contribution is 6.07. The third-order valence-electron chi connectivity index (χ3n) is 5.28. The van der Waals surface area contributed by atoms with E-state index in [4.69, 9.17) is 0 Å². The lowest BCUT2D eigenvalue weighted by atomic mass is 9.87.